The van der Waals surface area contributed by atoms with Crippen LogP contribution in [0.3, 0.4) is 0 Å². The van der Waals surface area contributed by atoms with Crippen molar-refractivity contribution < 1.29 is 9.72 Å². The third-order valence-corrected chi connectivity index (χ3v) is 2.45. The normalized spacial score (nSPS) is 9.80. The summed E-state index contributed by atoms with van der Waals surface area (Å²) in [6.07, 6.45) is 1.44. The highest BCUT2D eigenvalue weighted by molar-refractivity contribution is 5.88. The number of non-ortho nitro benzene ring substituents is 1. The van der Waals surface area contributed by atoms with E-state index >= 15 is 0 Å². The average Bonchev–Trinajstić information content (AvgIpc) is 2.81. The first kappa shape index (κ1) is 13.2. The zero-order chi connectivity index (χ0) is 14.7. The van der Waals surface area contributed by atoms with Gasteiger partial charge in [-0.15, -0.1) is 5.10 Å². The van der Waals surface area contributed by atoms with Crippen molar-refractivity contribution in [2.24, 2.45) is 0 Å². The van der Waals surface area contributed by atoms with Crippen LogP contribution < -0.4 is 5.32 Å². The van der Waals surface area contributed by atoms with Crippen LogP contribution in [0.1, 0.15) is 12.5 Å². The fourth-order valence-corrected chi connectivity index (χ4v) is 1.57. The Kier molecular flexibility index (Phi) is 3.43. The number of nitrogens with one attached hydrogen (secondary N) is 1. The third kappa shape index (κ3) is 2.62. The molecule has 0 saturated heterocycles. The molecule has 0 unspecified atom stereocenters. The van der Waals surface area contributed by atoms with Crippen molar-refractivity contribution >= 4 is 17.4 Å². The van der Waals surface area contributed by atoms with Gasteiger partial charge in [0.15, 0.2) is 5.82 Å². The number of carbonyl (C=O) groups excluding carboxylic acids is 1. The molecule has 1 heterocycles. The third-order valence-electron chi connectivity index (χ3n) is 2.45. The summed E-state index contributed by atoms with van der Waals surface area (Å²) in [7, 11) is 0. The van der Waals surface area contributed by atoms with Crippen molar-refractivity contribution in [3.8, 4) is 11.8 Å². The van der Waals surface area contributed by atoms with E-state index < -0.39 is 4.92 Å². The van der Waals surface area contributed by atoms with Crippen molar-refractivity contribution in [3.63, 3.8) is 0 Å². The van der Waals surface area contributed by atoms with Gasteiger partial charge in [0, 0.05) is 19.1 Å². The maximum atomic E-state index is 11.0. The lowest BCUT2D eigenvalue weighted by Gasteiger charge is -2.00. The van der Waals surface area contributed by atoms with E-state index in [0.29, 0.717) is 5.69 Å². The molecule has 100 valence electrons. The van der Waals surface area contributed by atoms with Gasteiger partial charge in [-0.25, -0.2) is 4.68 Å². The molecule has 2 aromatic rings. The molecule has 0 spiro atoms. The van der Waals surface area contributed by atoms with E-state index in [2.05, 4.69) is 10.4 Å². The molecule has 20 heavy (non-hydrogen) atoms. The minimum absolute atomic E-state index is 0.0384. The Morgan fingerprint density at radius 1 is 1.45 bits per heavy atom. The second-order valence-corrected chi connectivity index (χ2v) is 3.90. The predicted molar refractivity (Wildman–Crippen MR) is 69.2 cm³/mol. The molecule has 0 radical (unpaired) electrons. The van der Waals surface area contributed by atoms with Gasteiger partial charge in [0.25, 0.3) is 5.69 Å². The standard InChI is InChI=1S/C12H9N5O3/c1-8(18)14-12-9(6-13)7-16(15-12)10-2-4-11(5-3-10)17(19)20/h2-5,7H,1H3,(H,14,15,18). The molecule has 0 aliphatic carbocycles. The molecule has 0 aliphatic rings. The van der Waals surface area contributed by atoms with Gasteiger partial charge < -0.3 is 5.32 Å². The highest BCUT2D eigenvalue weighted by Gasteiger charge is 2.12. The van der Waals surface area contributed by atoms with Crippen LogP contribution in [0, 0.1) is 21.4 Å². The molecule has 1 aromatic heterocycles. The molecule has 1 amide bonds. The molecule has 1 N–H and O–H groups in total. The van der Waals surface area contributed by atoms with Crippen molar-refractivity contribution in [2.45, 2.75) is 6.92 Å². The topological polar surface area (TPSA) is 114 Å². The molecule has 8 heteroatoms. The van der Waals surface area contributed by atoms with Crippen molar-refractivity contribution in [1.82, 2.24) is 9.78 Å². The van der Waals surface area contributed by atoms with Crippen molar-refractivity contribution in [1.29, 1.82) is 5.26 Å². The van der Waals surface area contributed by atoms with Crippen molar-refractivity contribution in [2.75, 3.05) is 5.32 Å². The summed E-state index contributed by atoms with van der Waals surface area (Å²) < 4.78 is 1.37. The summed E-state index contributed by atoms with van der Waals surface area (Å²) >= 11 is 0. The first-order valence-corrected chi connectivity index (χ1v) is 5.53. The quantitative estimate of drug-likeness (QED) is 0.672. The minimum Gasteiger partial charge on any atom is -0.308 e. The number of anilines is 1. The van der Waals surface area contributed by atoms with E-state index in [1.807, 2.05) is 6.07 Å². The smallest absolute Gasteiger partial charge is 0.269 e. The Bertz CT molecular complexity index is 712. The number of hydrogen-bond donors (Lipinski definition) is 1. The maximum Gasteiger partial charge on any atom is 0.269 e. The van der Waals surface area contributed by atoms with E-state index in [-0.39, 0.29) is 23.0 Å². The number of amides is 1. The summed E-state index contributed by atoms with van der Waals surface area (Å²) in [4.78, 5) is 21.1. The number of rotatable bonds is 3. The largest absolute Gasteiger partial charge is 0.308 e. The van der Waals surface area contributed by atoms with E-state index in [1.165, 1.54) is 42.1 Å². The average molecular weight is 271 g/mol. The van der Waals surface area contributed by atoms with Crippen LogP contribution in [0.4, 0.5) is 11.5 Å². The first-order valence-electron chi connectivity index (χ1n) is 5.53. The molecule has 0 saturated carbocycles. The van der Waals surface area contributed by atoms with Gasteiger partial charge in [0.05, 0.1) is 16.8 Å². The number of hydrogen-bond acceptors (Lipinski definition) is 5. The molecule has 0 bridgehead atoms. The number of aromatic nitrogens is 2. The summed E-state index contributed by atoms with van der Waals surface area (Å²) in [5.74, 6) is -0.186. The molecule has 0 atom stereocenters. The van der Waals surface area contributed by atoms with Crippen LogP contribution in [-0.2, 0) is 4.79 Å². The van der Waals surface area contributed by atoms with Gasteiger partial charge in [-0.2, -0.15) is 5.26 Å². The number of nitro groups is 1. The molecule has 8 nitrogen and oxygen atoms in total. The SMILES string of the molecule is CC(=O)Nc1nn(-c2ccc([N+](=O)[O-])cc2)cc1C#N. The fraction of sp³-hybridized carbons (Fsp3) is 0.0833. The van der Waals surface area contributed by atoms with Gasteiger partial charge in [0.1, 0.15) is 11.6 Å². The maximum absolute atomic E-state index is 11.0. The first-order chi connectivity index (χ1) is 9.51. The van der Waals surface area contributed by atoms with E-state index in [1.54, 1.807) is 0 Å². The van der Waals surface area contributed by atoms with Crippen molar-refractivity contribution in [3.05, 3.63) is 46.1 Å². The number of nitrogens with zero attached hydrogens (tertiary/aromatic N) is 4. The highest BCUT2D eigenvalue weighted by atomic mass is 16.6. The Morgan fingerprint density at radius 3 is 2.60 bits per heavy atom. The second-order valence-electron chi connectivity index (χ2n) is 3.90. The van der Waals surface area contributed by atoms with Gasteiger partial charge in [-0.05, 0) is 12.1 Å². The lowest BCUT2D eigenvalue weighted by atomic mass is 10.3. The van der Waals surface area contributed by atoms with Crippen LogP contribution in [0.25, 0.3) is 5.69 Å². The molecule has 1 aromatic carbocycles. The summed E-state index contributed by atoms with van der Waals surface area (Å²) in [5.41, 5.74) is 0.714. The highest BCUT2D eigenvalue weighted by Crippen LogP contribution is 2.18. The molecule has 0 fully saturated rings. The summed E-state index contributed by atoms with van der Waals surface area (Å²) in [5, 5.41) is 26.0. The van der Waals surface area contributed by atoms with E-state index in [0.717, 1.165) is 0 Å². The van der Waals surface area contributed by atoms with Gasteiger partial charge in [0.2, 0.25) is 5.91 Å². The Labute approximate surface area is 113 Å². The predicted octanol–water partition coefficient (Wildman–Crippen LogP) is 1.61. The van der Waals surface area contributed by atoms with Gasteiger partial charge in [-0.3, -0.25) is 14.9 Å². The lowest BCUT2D eigenvalue weighted by molar-refractivity contribution is -0.384. The summed E-state index contributed by atoms with van der Waals surface area (Å²) in [6, 6.07) is 7.59. The molecule has 0 aliphatic heterocycles. The molecular weight excluding hydrogens is 262 g/mol. The zero-order valence-electron chi connectivity index (χ0n) is 10.4. The number of carbonyl (C=O) groups is 1. The molecule has 2 rings (SSSR count). The van der Waals surface area contributed by atoms with Crippen LogP contribution >= 0.6 is 0 Å². The fourth-order valence-electron chi connectivity index (χ4n) is 1.57. The van der Waals surface area contributed by atoms with Crippen LogP contribution in [0.5, 0.6) is 0 Å². The number of nitro benzene ring substituents is 1. The Morgan fingerprint density at radius 2 is 2.10 bits per heavy atom. The Hall–Kier alpha value is -3.21. The zero-order valence-corrected chi connectivity index (χ0v) is 10.4. The van der Waals surface area contributed by atoms with Crippen LogP contribution in [0.2, 0.25) is 0 Å². The van der Waals surface area contributed by atoms with Crippen LogP contribution in [0.15, 0.2) is 30.5 Å². The summed E-state index contributed by atoms with van der Waals surface area (Å²) in [6.45, 7) is 1.31. The lowest BCUT2D eigenvalue weighted by Crippen LogP contribution is -2.08. The minimum atomic E-state index is -0.504. The monoisotopic (exact) mass is 271 g/mol. The van der Waals surface area contributed by atoms with Gasteiger partial charge >= 0.3 is 0 Å². The number of nitriles is 1. The second kappa shape index (κ2) is 5.19. The van der Waals surface area contributed by atoms with Gasteiger partial charge in [-0.1, -0.05) is 0 Å². The Balaban J connectivity index is 2.38. The molecular formula is C12H9N5O3. The number of benzene rings is 1. The van der Waals surface area contributed by atoms with E-state index in [9.17, 15) is 14.9 Å². The van der Waals surface area contributed by atoms with E-state index in [4.69, 9.17) is 5.26 Å². The van der Waals surface area contributed by atoms with Crippen LogP contribution in [-0.4, -0.2) is 20.6 Å².